The lowest BCUT2D eigenvalue weighted by molar-refractivity contribution is 0.0693. The van der Waals surface area contributed by atoms with Crippen molar-refractivity contribution < 1.29 is 9.90 Å². The van der Waals surface area contributed by atoms with Crippen LogP contribution in [-0.4, -0.2) is 37.9 Å². The summed E-state index contributed by atoms with van der Waals surface area (Å²) in [5.41, 5.74) is 4.40. The van der Waals surface area contributed by atoms with Gasteiger partial charge in [-0.2, -0.15) is 0 Å². The van der Waals surface area contributed by atoms with Crippen LogP contribution < -0.4 is 5.32 Å². The maximum atomic E-state index is 11.5. The number of benzene rings is 2. The van der Waals surface area contributed by atoms with Crippen LogP contribution >= 0.6 is 11.8 Å². The molecule has 158 valence electrons. The largest absolute Gasteiger partial charge is 0.478 e. The first-order valence-corrected chi connectivity index (χ1v) is 11.2. The van der Waals surface area contributed by atoms with Crippen molar-refractivity contribution in [2.75, 3.05) is 17.6 Å². The predicted molar refractivity (Wildman–Crippen MR) is 126 cm³/mol. The monoisotopic (exact) mass is 432 g/mol. The Hall–Kier alpha value is -3.32. The van der Waals surface area contributed by atoms with E-state index in [1.807, 2.05) is 19.1 Å². The van der Waals surface area contributed by atoms with E-state index in [1.54, 1.807) is 12.1 Å². The lowest BCUT2D eigenvalue weighted by Gasteiger charge is -2.11. The van der Waals surface area contributed by atoms with E-state index in [9.17, 15) is 9.90 Å². The van der Waals surface area contributed by atoms with Crippen LogP contribution in [-0.2, 0) is 6.54 Å². The van der Waals surface area contributed by atoms with Crippen LogP contribution in [0.15, 0.2) is 65.8 Å². The van der Waals surface area contributed by atoms with Gasteiger partial charge in [-0.25, -0.2) is 14.8 Å². The van der Waals surface area contributed by atoms with E-state index in [-0.39, 0.29) is 0 Å². The normalized spacial score (nSPS) is 11.0. The van der Waals surface area contributed by atoms with Crippen molar-refractivity contribution >= 4 is 34.5 Å². The third kappa shape index (κ3) is 4.56. The molecule has 2 heterocycles. The van der Waals surface area contributed by atoms with Crippen LogP contribution in [0.2, 0.25) is 0 Å². The molecule has 0 saturated carbocycles. The molecule has 0 bridgehead atoms. The van der Waals surface area contributed by atoms with Crippen LogP contribution in [0.25, 0.3) is 22.2 Å². The van der Waals surface area contributed by atoms with Crippen molar-refractivity contribution in [2.24, 2.45) is 0 Å². The molecule has 31 heavy (non-hydrogen) atoms. The van der Waals surface area contributed by atoms with Crippen molar-refractivity contribution in [3.05, 3.63) is 72.2 Å². The molecule has 2 aromatic carbocycles. The van der Waals surface area contributed by atoms with Crippen molar-refractivity contribution in [1.82, 2.24) is 14.5 Å². The first kappa shape index (κ1) is 20.9. The van der Waals surface area contributed by atoms with E-state index in [1.165, 1.54) is 34.7 Å². The Morgan fingerprint density at radius 3 is 2.77 bits per heavy atom. The van der Waals surface area contributed by atoms with E-state index < -0.39 is 5.97 Å². The van der Waals surface area contributed by atoms with Crippen LogP contribution in [0.5, 0.6) is 0 Å². The lowest BCUT2D eigenvalue weighted by Crippen LogP contribution is -2.12. The quantitative estimate of drug-likeness (QED) is 0.366. The Balaban J connectivity index is 1.50. The molecule has 4 aromatic rings. The van der Waals surface area contributed by atoms with Gasteiger partial charge < -0.3 is 15.0 Å². The minimum Gasteiger partial charge on any atom is -0.478 e. The zero-order chi connectivity index (χ0) is 21.8. The van der Waals surface area contributed by atoms with E-state index in [2.05, 4.69) is 57.1 Å². The van der Waals surface area contributed by atoms with E-state index in [0.29, 0.717) is 5.56 Å². The number of thioether (sulfide) groups is 1. The predicted octanol–water partition coefficient (Wildman–Crippen LogP) is 5.33. The smallest absolute Gasteiger partial charge is 0.336 e. The fourth-order valence-electron chi connectivity index (χ4n) is 3.69. The molecule has 0 aliphatic carbocycles. The number of carbonyl (C=O) groups is 1. The number of nitrogens with zero attached hydrogens (tertiary/aromatic N) is 3. The Bertz CT molecular complexity index is 1240. The SMILES string of the molecule is CCSc1cc(-c2cc(NCCn3c(C)cc4ccccc43)ncn2)ccc1C(=O)O. The van der Waals surface area contributed by atoms with Crippen LogP contribution in [0, 0.1) is 6.92 Å². The number of anilines is 1. The number of aryl methyl sites for hydroxylation is 1. The summed E-state index contributed by atoms with van der Waals surface area (Å²) < 4.78 is 2.29. The zero-order valence-electron chi connectivity index (χ0n) is 17.5. The van der Waals surface area contributed by atoms with Gasteiger partial charge in [-0.05, 0) is 42.3 Å². The molecular formula is C24H24N4O2S. The number of carboxylic acids is 1. The van der Waals surface area contributed by atoms with Crippen molar-refractivity contribution in [2.45, 2.75) is 25.3 Å². The molecule has 0 spiro atoms. The summed E-state index contributed by atoms with van der Waals surface area (Å²) in [6, 6.07) is 17.8. The highest BCUT2D eigenvalue weighted by Crippen LogP contribution is 2.29. The summed E-state index contributed by atoms with van der Waals surface area (Å²) in [5.74, 6) is 0.625. The van der Waals surface area contributed by atoms with Crippen LogP contribution in [0.4, 0.5) is 5.82 Å². The number of aromatic nitrogens is 3. The van der Waals surface area contributed by atoms with Crippen LogP contribution in [0.3, 0.4) is 0 Å². The molecule has 0 aliphatic rings. The van der Waals surface area contributed by atoms with Crippen LogP contribution in [0.1, 0.15) is 23.0 Å². The second-order valence-electron chi connectivity index (χ2n) is 7.16. The maximum absolute atomic E-state index is 11.5. The first-order valence-electron chi connectivity index (χ1n) is 10.2. The highest BCUT2D eigenvalue weighted by atomic mass is 32.2. The summed E-state index contributed by atoms with van der Waals surface area (Å²) >= 11 is 1.52. The van der Waals surface area contributed by atoms with E-state index in [0.717, 1.165) is 40.8 Å². The highest BCUT2D eigenvalue weighted by molar-refractivity contribution is 7.99. The fourth-order valence-corrected chi connectivity index (χ4v) is 4.52. The number of aromatic carboxylic acids is 1. The molecular weight excluding hydrogens is 408 g/mol. The van der Waals surface area contributed by atoms with Crippen molar-refractivity contribution in [1.29, 1.82) is 0 Å². The van der Waals surface area contributed by atoms with Gasteiger partial charge in [0.15, 0.2) is 0 Å². The molecule has 0 amide bonds. The number of hydrogen-bond acceptors (Lipinski definition) is 5. The standard InChI is InChI=1S/C24H24N4O2S/c1-3-31-22-13-17(8-9-19(22)24(29)30)20-14-23(27-15-26-20)25-10-11-28-16(2)12-18-6-4-5-7-21(18)28/h4-9,12-15H,3,10-11H2,1-2H3,(H,29,30)(H,25,26,27). The van der Waals surface area contributed by atoms with Crippen molar-refractivity contribution in [3.8, 4) is 11.3 Å². The summed E-state index contributed by atoms with van der Waals surface area (Å²) in [6.07, 6.45) is 1.53. The molecule has 7 heteroatoms. The number of fused-ring (bicyclic) bond motifs is 1. The summed E-state index contributed by atoms with van der Waals surface area (Å²) in [7, 11) is 0. The molecule has 4 rings (SSSR count). The van der Waals surface area contributed by atoms with Gasteiger partial charge in [0.1, 0.15) is 12.1 Å². The minimum atomic E-state index is -0.916. The van der Waals surface area contributed by atoms with Gasteiger partial charge in [0.25, 0.3) is 0 Å². The maximum Gasteiger partial charge on any atom is 0.336 e. The second kappa shape index (κ2) is 9.22. The zero-order valence-corrected chi connectivity index (χ0v) is 18.3. The average Bonchev–Trinajstić information content (AvgIpc) is 3.09. The molecule has 0 saturated heterocycles. The first-order chi connectivity index (χ1) is 15.1. The van der Waals surface area contributed by atoms with Gasteiger partial charge >= 0.3 is 5.97 Å². The molecule has 0 radical (unpaired) electrons. The molecule has 6 nitrogen and oxygen atoms in total. The number of hydrogen-bond donors (Lipinski definition) is 2. The Labute approximate surface area is 185 Å². The molecule has 0 aliphatic heterocycles. The molecule has 0 unspecified atom stereocenters. The number of rotatable bonds is 8. The van der Waals surface area contributed by atoms with E-state index >= 15 is 0 Å². The number of nitrogens with one attached hydrogen (secondary N) is 1. The third-order valence-corrected chi connectivity index (χ3v) is 6.07. The molecule has 0 fully saturated rings. The number of para-hydroxylation sites is 1. The summed E-state index contributed by atoms with van der Waals surface area (Å²) in [6.45, 7) is 5.68. The van der Waals surface area contributed by atoms with Gasteiger partial charge in [-0.1, -0.05) is 31.2 Å². The Morgan fingerprint density at radius 2 is 1.97 bits per heavy atom. The molecule has 2 N–H and O–H groups in total. The highest BCUT2D eigenvalue weighted by Gasteiger charge is 2.12. The Kier molecular flexibility index (Phi) is 6.23. The summed E-state index contributed by atoms with van der Waals surface area (Å²) in [4.78, 5) is 20.9. The Morgan fingerprint density at radius 1 is 1.13 bits per heavy atom. The van der Waals surface area contributed by atoms with Gasteiger partial charge in [0, 0.05) is 40.8 Å². The lowest BCUT2D eigenvalue weighted by atomic mass is 10.1. The van der Waals surface area contributed by atoms with Gasteiger partial charge in [0.05, 0.1) is 11.3 Å². The fraction of sp³-hybridized carbons (Fsp3) is 0.208. The van der Waals surface area contributed by atoms with Gasteiger partial charge in [-0.3, -0.25) is 0 Å². The van der Waals surface area contributed by atoms with Gasteiger partial charge in [-0.15, -0.1) is 11.8 Å². The number of carboxylic acid groups (broad SMARTS) is 1. The van der Waals surface area contributed by atoms with E-state index in [4.69, 9.17) is 0 Å². The average molecular weight is 433 g/mol. The summed E-state index contributed by atoms with van der Waals surface area (Å²) in [5, 5.41) is 14.0. The minimum absolute atomic E-state index is 0.317. The van der Waals surface area contributed by atoms with Gasteiger partial charge in [0.2, 0.25) is 0 Å². The van der Waals surface area contributed by atoms with Crippen molar-refractivity contribution in [3.63, 3.8) is 0 Å². The molecule has 2 aromatic heterocycles. The topological polar surface area (TPSA) is 80.0 Å². The molecule has 0 atom stereocenters. The second-order valence-corrected chi connectivity index (χ2v) is 8.47. The third-order valence-electron chi connectivity index (χ3n) is 5.13.